The third kappa shape index (κ3) is 1.22. The van der Waals surface area contributed by atoms with Crippen molar-refractivity contribution >= 4 is 5.82 Å². The van der Waals surface area contributed by atoms with E-state index in [4.69, 9.17) is 0 Å². The second kappa shape index (κ2) is 2.09. The zero-order valence-corrected chi connectivity index (χ0v) is 5.97. The van der Waals surface area contributed by atoms with Gasteiger partial charge in [-0.3, -0.25) is 0 Å². The lowest BCUT2D eigenvalue weighted by molar-refractivity contribution is 1.07. The Morgan fingerprint density at radius 2 is 2.22 bits per heavy atom. The van der Waals surface area contributed by atoms with E-state index in [-0.39, 0.29) is 0 Å². The molecule has 0 amide bonds. The first-order valence-corrected chi connectivity index (χ1v) is 2.89. The molecule has 0 atom stereocenters. The van der Waals surface area contributed by atoms with Gasteiger partial charge in [0.1, 0.15) is 11.6 Å². The molecule has 1 N–H and O–H groups in total. The van der Waals surface area contributed by atoms with Gasteiger partial charge in [0.2, 0.25) is 0 Å². The van der Waals surface area contributed by atoms with Crippen LogP contribution in [0.15, 0.2) is 6.20 Å². The fourth-order valence-electron chi connectivity index (χ4n) is 0.635. The Morgan fingerprint density at radius 1 is 1.56 bits per heavy atom. The van der Waals surface area contributed by atoms with Crippen LogP contribution in [0.5, 0.6) is 0 Å². The molecule has 0 aliphatic heterocycles. The highest BCUT2D eigenvalue weighted by Crippen LogP contribution is 2.04. The predicted molar refractivity (Wildman–Crippen MR) is 37.7 cm³/mol. The van der Waals surface area contributed by atoms with E-state index in [0.717, 1.165) is 11.6 Å². The van der Waals surface area contributed by atoms with Gasteiger partial charge in [0, 0.05) is 14.1 Å². The molecule has 0 aromatic carbocycles. The third-order valence-corrected chi connectivity index (χ3v) is 1.17. The highest BCUT2D eigenvalue weighted by Gasteiger charge is 1.95. The SMILES string of the molecule is Cc1ncc(N(C)C)[nH]1. The Bertz CT molecular complexity index is 190. The maximum absolute atomic E-state index is 4.04. The smallest absolute Gasteiger partial charge is 0.125 e. The minimum absolute atomic E-state index is 0.957. The quantitative estimate of drug-likeness (QED) is 0.601. The predicted octanol–water partition coefficient (Wildman–Crippen LogP) is 0.784. The molecule has 0 bridgehead atoms. The molecule has 0 fully saturated rings. The van der Waals surface area contributed by atoms with Crippen LogP contribution >= 0.6 is 0 Å². The number of imidazole rings is 1. The molecule has 0 spiro atoms. The van der Waals surface area contributed by atoms with Gasteiger partial charge in [-0.05, 0) is 6.92 Å². The summed E-state index contributed by atoms with van der Waals surface area (Å²) in [5, 5.41) is 0. The molecule has 0 aliphatic rings. The summed E-state index contributed by atoms with van der Waals surface area (Å²) in [5.41, 5.74) is 0. The van der Waals surface area contributed by atoms with Crippen molar-refractivity contribution in [1.82, 2.24) is 9.97 Å². The molecule has 1 aromatic rings. The van der Waals surface area contributed by atoms with Gasteiger partial charge < -0.3 is 9.88 Å². The first-order chi connectivity index (χ1) is 4.20. The molecule has 0 saturated carbocycles. The molecule has 9 heavy (non-hydrogen) atoms. The van der Waals surface area contributed by atoms with Crippen LogP contribution in [0.4, 0.5) is 5.82 Å². The number of nitrogens with zero attached hydrogens (tertiary/aromatic N) is 2. The Balaban J connectivity index is 2.85. The first kappa shape index (κ1) is 6.13. The van der Waals surface area contributed by atoms with Crippen LogP contribution in [0, 0.1) is 6.92 Å². The number of hydrogen-bond acceptors (Lipinski definition) is 2. The van der Waals surface area contributed by atoms with Crippen molar-refractivity contribution in [3.63, 3.8) is 0 Å². The van der Waals surface area contributed by atoms with E-state index in [1.54, 1.807) is 0 Å². The third-order valence-electron chi connectivity index (χ3n) is 1.17. The number of anilines is 1. The van der Waals surface area contributed by atoms with Crippen molar-refractivity contribution < 1.29 is 0 Å². The summed E-state index contributed by atoms with van der Waals surface area (Å²) in [6, 6.07) is 0. The summed E-state index contributed by atoms with van der Waals surface area (Å²) in [4.78, 5) is 9.12. The van der Waals surface area contributed by atoms with E-state index in [9.17, 15) is 0 Å². The van der Waals surface area contributed by atoms with Crippen LogP contribution < -0.4 is 4.90 Å². The average molecular weight is 125 g/mol. The largest absolute Gasteiger partial charge is 0.363 e. The van der Waals surface area contributed by atoms with Gasteiger partial charge in [-0.2, -0.15) is 0 Å². The Hall–Kier alpha value is -0.990. The summed E-state index contributed by atoms with van der Waals surface area (Å²) in [6.07, 6.45) is 1.81. The lowest BCUT2D eigenvalue weighted by Crippen LogP contribution is -2.08. The molecule has 0 saturated heterocycles. The van der Waals surface area contributed by atoms with Crippen molar-refractivity contribution in [3.8, 4) is 0 Å². The molecule has 0 radical (unpaired) electrons. The average Bonchev–Trinajstić information content (AvgIpc) is 2.14. The standard InChI is InChI=1S/C6H11N3/c1-5-7-4-6(8-5)9(2)3/h4H,1-3H3,(H,7,8). The van der Waals surface area contributed by atoms with Crippen LogP contribution in [0.2, 0.25) is 0 Å². The lowest BCUT2D eigenvalue weighted by atomic mass is 10.7. The Labute approximate surface area is 54.7 Å². The highest BCUT2D eigenvalue weighted by molar-refractivity contribution is 5.33. The van der Waals surface area contributed by atoms with Crippen molar-refractivity contribution in [2.45, 2.75) is 6.92 Å². The number of rotatable bonds is 1. The summed E-state index contributed by atoms with van der Waals surface area (Å²) in [6.45, 7) is 1.94. The maximum Gasteiger partial charge on any atom is 0.125 e. The van der Waals surface area contributed by atoms with Gasteiger partial charge in [0.05, 0.1) is 6.20 Å². The summed E-state index contributed by atoms with van der Waals surface area (Å²) in [5.74, 6) is 2.01. The van der Waals surface area contributed by atoms with Crippen LogP contribution in [0.1, 0.15) is 5.82 Å². The summed E-state index contributed by atoms with van der Waals surface area (Å²) in [7, 11) is 3.96. The Morgan fingerprint density at radius 3 is 2.44 bits per heavy atom. The van der Waals surface area contributed by atoms with Crippen molar-refractivity contribution in [2.24, 2.45) is 0 Å². The van der Waals surface area contributed by atoms with E-state index >= 15 is 0 Å². The molecule has 1 aromatic heterocycles. The fraction of sp³-hybridized carbons (Fsp3) is 0.500. The number of aromatic nitrogens is 2. The van der Waals surface area contributed by atoms with Gasteiger partial charge in [0.25, 0.3) is 0 Å². The zero-order chi connectivity index (χ0) is 6.85. The molecular weight excluding hydrogens is 114 g/mol. The first-order valence-electron chi connectivity index (χ1n) is 2.89. The van der Waals surface area contributed by atoms with E-state index < -0.39 is 0 Å². The second-order valence-electron chi connectivity index (χ2n) is 2.25. The number of hydrogen-bond donors (Lipinski definition) is 1. The monoisotopic (exact) mass is 125 g/mol. The zero-order valence-electron chi connectivity index (χ0n) is 5.97. The number of aromatic amines is 1. The summed E-state index contributed by atoms with van der Waals surface area (Å²) >= 11 is 0. The van der Waals surface area contributed by atoms with Crippen LogP contribution in [0.3, 0.4) is 0 Å². The number of aryl methyl sites for hydroxylation is 1. The molecule has 1 rings (SSSR count). The van der Waals surface area contributed by atoms with Crippen molar-refractivity contribution in [1.29, 1.82) is 0 Å². The van der Waals surface area contributed by atoms with E-state index in [2.05, 4.69) is 9.97 Å². The molecular formula is C6H11N3. The van der Waals surface area contributed by atoms with Crippen LogP contribution in [-0.4, -0.2) is 24.1 Å². The van der Waals surface area contributed by atoms with Gasteiger partial charge in [-0.15, -0.1) is 0 Å². The van der Waals surface area contributed by atoms with Crippen LogP contribution in [0.25, 0.3) is 0 Å². The minimum atomic E-state index is 0.957. The van der Waals surface area contributed by atoms with Crippen LogP contribution in [-0.2, 0) is 0 Å². The van der Waals surface area contributed by atoms with E-state index in [0.29, 0.717) is 0 Å². The number of H-pyrrole nitrogens is 1. The molecule has 0 unspecified atom stereocenters. The van der Waals surface area contributed by atoms with Gasteiger partial charge in [-0.25, -0.2) is 4.98 Å². The Kier molecular flexibility index (Phi) is 1.42. The number of nitrogens with one attached hydrogen (secondary N) is 1. The van der Waals surface area contributed by atoms with E-state index in [1.807, 2.05) is 32.1 Å². The fourth-order valence-corrected chi connectivity index (χ4v) is 0.635. The second-order valence-corrected chi connectivity index (χ2v) is 2.25. The van der Waals surface area contributed by atoms with Crippen molar-refractivity contribution in [2.75, 3.05) is 19.0 Å². The molecule has 50 valence electrons. The van der Waals surface area contributed by atoms with Gasteiger partial charge >= 0.3 is 0 Å². The summed E-state index contributed by atoms with van der Waals surface area (Å²) < 4.78 is 0. The molecule has 1 heterocycles. The molecule has 0 aliphatic carbocycles. The van der Waals surface area contributed by atoms with Gasteiger partial charge in [-0.1, -0.05) is 0 Å². The maximum atomic E-state index is 4.04. The minimum Gasteiger partial charge on any atom is -0.363 e. The highest BCUT2D eigenvalue weighted by atomic mass is 15.2. The molecule has 3 heteroatoms. The van der Waals surface area contributed by atoms with Crippen molar-refractivity contribution in [3.05, 3.63) is 12.0 Å². The lowest BCUT2D eigenvalue weighted by Gasteiger charge is -2.06. The van der Waals surface area contributed by atoms with Gasteiger partial charge in [0.15, 0.2) is 0 Å². The normalized spacial score (nSPS) is 9.67. The topological polar surface area (TPSA) is 31.9 Å². The molecule has 3 nitrogen and oxygen atoms in total. The van der Waals surface area contributed by atoms with E-state index in [1.165, 1.54) is 0 Å².